The molecule has 2 N–H and O–H groups in total. The van der Waals surface area contributed by atoms with Gasteiger partial charge in [0, 0.05) is 19.1 Å². The van der Waals surface area contributed by atoms with E-state index in [1.807, 2.05) is 0 Å². The average Bonchev–Trinajstić information content (AvgIpc) is 2.13. The molecule has 0 aromatic carbocycles. The monoisotopic (exact) mass is 231 g/mol. The van der Waals surface area contributed by atoms with Crippen molar-refractivity contribution in [3.05, 3.63) is 0 Å². The van der Waals surface area contributed by atoms with Crippen LogP contribution in [0.2, 0.25) is 0 Å². The van der Waals surface area contributed by atoms with Crippen molar-refractivity contribution in [1.82, 2.24) is 0 Å². The minimum absolute atomic E-state index is 0.0423. The molecule has 0 aliphatic carbocycles. The molecule has 0 fully saturated rings. The number of sulfone groups is 1. The van der Waals surface area contributed by atoms with Crippen LogP contribution in [-0.4, -0.2) is 32.3 Å². The summed E-state index contributed by atoms with van der Waals surface area (Å²) in [4.78, 5) is 11.3. The molecular formula is C10H17NO3S. The molecule has 0 spiro atoms. The fraction of sp³-hybridized carbons (Fsp3) is 0.700. The van der Waals surface area contributed by atoms with Crippen molar-refractivity contribution in [2.24, 2.45) is 5.73 Å². The first-order valence-electron chi connectivity index (χ1n) is 4.72. The highest BCUT2D eigenvalue weighted by molar-refractivity contribution is 7.90. The number of hydrogen-bond acceptors (Lipinski definition) is 4. The highest BCUT2D eigenvalue weighted by Crippen LogP contribution is 2.00. The largest absolute Gasteiger partial charge is 0.321 e. The SMILES string of the molecule is CC#CCCC(=O)C(N)CCS(C)(=O)=O. The van der Waals surface area contributed by atoms with Crippen LogP contribution in [0.25, 0.3) is 0 Å². The maximum atomic E-state index is 11.3. The van der Waals surface area contributed by atoms with E-state index in [2.05, 4.69) is 11.8 Å². The van der Waals surface area contributed by atoms with Gasteiger partial charge in [0.15, 0.2) is 5.78 Å². The molecule has 0 aliphatic heterocycles. The van der Waals surface area contributed by atoms with Gasteiger partial charge in [0.2, 0.25) is 0 Å². The van der Waals surface area contributed by atoms with Gasteiger partial charge in [-0.1, -0.05) is 0 Å². The summed E-state index contributed by atoms with van der Waals surface area (Å²) in [6.45, 7) is 1.70. The summed E-state index contributed by atoms with van der Waals surface area (Å²) < 4.78 is 21.7. The van der Waals surface area contributed by atoms with Gasteiger partial charge in [-0.25, -0.2) is 8.42 Å². The molecule has 1 atom stereocenters. The molecule has 0 aromatic rings. The van der Waals surface area contributed by atoms with E-state index in [1.165, 1.54) is 0 Å². The lowest BCUT2D eigenvalue weighted by Crippen LogP contribution is -2.32. The number of rotatable bonds is 6. The summed E-state index contributed by atoms with van der Waals surface area (Å²) in [5, 5.41) is 0. The van der Waals surface area contributed by atoms with Gasteiger partial charge in [-0.15, -0.1) is 11.8 Å². The van der Waals surface area contributed by atoms with Crippen LogP contribution in [0.1, 0.15) is 26.2 Å². The Labute approximate surface area is 91.1 Å². The van der Waals surface area contributed by atoms with Crippen molar-refractivity contribution < 1.29 is 13.2 Å². The summed E-state index contributed by atoms with van der Waals surface area (Å²) in [6, 6.07) is -0.682. The number of carbonyl (C=O) groups excluding carboxylic acids is 1. The second-order valence-corrected chi connectivity index (χ2v) is 5.68. The van der Waals surface area contributed by atoms with Gasteiger partial charge in [0.05, 0.1) is 11.8 Å². The fourth-order valence-electron chi connectivity index (χ4n) is 0.998. The quantitative estimate of drug-likeness (QED) is 0.659. The zero-order valence-electron chi connectivity index (χ0n) is 9.12. The molecule has 1 unspecified atom stereocenters. The minimum atomic E-state index is -3.04. The Morgan fingerprint density at radius 2 is 2.07 bits per heavy atom. The first-order chi connectivity index (χ1) is 6.87. The Morgan fingerprint density at radius 1 is 1.47 bits per heavy atom. The van der Waals surface area contributed by atoms with Crippen LogP contribution < -0.4 is 5.73 Å². The normalized spacial score (nSPS) is 12.7. The lowest BCUT2D eigenvalue weighted by Gasteiger charge is -2.08. The summed E-state index contributed by atoms with van der Waals surface area (Å²) in [5.41, 5.74) is 5.54. The summed E-state index contributed by atoms with van der Waals surface area (Å²) in [6.07, 6.45) is 2.11. The predicted octanol–water partition coefficient (Wildman–Crippen LogP) is 0.121. The molecule has 0 rings (SSSR count). The molecule has 0 aromatic heterocycles. The second kappa shape index (κ2) is 6.59. The Balaban J connectivity index is 3.93. The van der Waals surface area contributed by atoms with E-state index in [0.717, 1.165) is 6.26 Å². The van der Waals surface area contributed by atoms with E-state index < -0.39 is 15.9 Å². The van der Waals surface area contributed by atoms with E-state index in [1.54, 1.807) is 6.92 Å². The second-order valence-electron chi connectivity index (χ2n) is 3.42. The maximum Gasteiger partial charge on any atom is 0.150 e. The topological polar surface area (TPSA) is 77.2 Å². The van der Waals surface area contributed by atoms with Gasteiger partial charge in [-0.3, -0.25) is 4.79 Å². The Hall–Kier alpha value is -0.860. The Bertz CT molecular complexity index is 362. The zero-order valence-corrected chi connectivity index (χ0v) is 9.93. The molecule has 0 bridgehead atoms. The minimum Gasteiger partial charge on any atom is -0.321 e. The van der Waals surface area contributed by atoms with E-state index in [0.29, 0.717) is 12.8 Å². The Kier molecular flexibility index (Phi) is 6.21. The van der Waals surface area contributed by atoms with Crippen molar-refractivity contribution in [2.75, 3.05) is 12.0 Å². The lowest BCUT2D eigenvalue weighted by atomic mass is 10.1. The third kappa shape index (κ3) is 8.16. The van der Waals surface area contributed by atoms with Crippen molar-refractivity contribution >= 4 is 15.6 Å². The van der Waals surface area contributed by atoms with E-state index in [-0.39, 0.29) is 18.0 Å². The van der Waals surface area contributed by atoms with Gasteiger partial charge in [0.1, 0.15) is 9.84 Å². The highest BCUT2D eigenvalue weighted by atomic mass is 32.2. The number of carbonyl (C=O) groups is 1. The van der Waals surface area contributed by atoms with Crippen molar-refractivity contribution in [1.29, 1.82) is 0 Å². The fourth-order valence-corrected chi connectivity index (χ4v) is 1.68. The van der Waals surface area contributed by atoms with E-state index in [4.69, 9.17) is 5.73 Å². The van der Waals surface area contributed by atoms with Crippen LogP contribution in [0.4, 0.5) is 0 Å². The van der Waals surface area contributed by atoms with Crippen molar-refractivity contribution in [3.8, 4) is 11.8 Å². The smallest absolute Gasteiger partial charge is 0.150 e. The molecular weight excluding hydrogens is 214 g/mol. The summed E-state index contributed by atoms with van der Waals surface area (Å²) >= 11 is 0. The van der Waals surface area contributed by atoms with Crippen LogP contribution in [-0.2, 0) is 14.6 Å². The molecule has 86 valence electrons. The predicted molar refractivity (Wildman–Crippen MR) is 60.0 cm³/mol. The third-order valence-corrected chi connectivity index (χ3v) is 2.86. The number of nitrogens with two attached hydrogens (primary N) is 1. The van der Waals surface area contributed by atoms with Crippen LogP contribution in [0.3, 0.4) is 0 Å². The average molecular weight is 231 g/mol. The lowest BCUT2D eigenvalue weighted by molar-refractivity contribution is -0.120. The van der Waals surface area contributed by atoms with Gasteiger partial charge in [-0.2, -0.15) is 0 Å². The molecule has 5 heteroatoms. The molecule has 0 amide bonds. The van der Waals surface area contributed by atoms with E-state index in [9.17, 15) is 13.2 Å². The molecule has 0 heterocycles. The van der Waals surface area contributed by atoms with E-state index >= 15 is 0 Å². The number of hydrogen-bond donors (Lipinski definition) is 1. The van der Waals surface area contributed by atoms with Gasteiger partial charge >= 0.3 is 0 Å². The van der Waals surface area contributed by atoms with Crippen LogP contribution in [0, 0.1) is 11.8 Å². The Morgan fingerprint density at radius 3 is 2.53 bits per heavy atom. The van der Waals surface area contributed by atoms with Crippen LogP contribution in [0.15, 0.2) is 0 Å². The molecule has 0 radical (unpaired) electrons. The van der Waals surface area contributed by atoms with Gasteiger partial charge < -0.3 is 5.73 Å². The standard InChI is InChI=1S/C10H17NO3S/c1-3-4-5-6-10(12)9(11)7-8-15(2,13)14/h9H,5-8,11H2,1-2H3. The maximum absolute atomic E-state index is 11.3. The zero-order chi connectivity index (χ0) is 11.9. The first kappa shape index (κ1) is 14.1. The van der Waals surface area contributed by atoms with Crippen LogP contribution in [0.5, 0.6) is 0 Å². The molecule has 0 saturated heterocycles. The summed E-state index contributed by atoms with van der Waals surface area (Å²) in [5.74, 6) is 5.28. The highest BCUT2D eigenvalue weighted by Gasteiger charge is 2.14. The van der Waals surface area contributed by atoms with Gasteiger partial charge in [-0.05, 0) is 13.3 Å². The molecule has 15 heavy (non-hydrogen) atoms. The first-order valence-corrected chi connectivity index (χ1v) is 6.78. The molecule has 0 saturated carbocycles. The number of ketones is 1. The third-order valence-electron chi connectivity index (χ3n) is 1.89. The van der Waals surface area contributed by atoms with Crippen molar-refractivity contribution in [3.63, 3.8) is 0 Å². The number of Topliss-reactive ketones (excluding diaryl/α,β-unsaturated/α-hetero) is 1. The van der Waals surface area contributed by atoms with Crippen molar-refractivity contribution in [2.45, 2.75) is 32.2 Å². The van der Waals surface area contributed by atoms with Crippen LogP contribution >= 0.6 is 0 Å². The molecule has 4 nitrogen and oxygen atoms in total. The molecule has 0 aliphatic rings. The summed E-state index contributed by atoms with van der Waals surface area (Å²) in [7, 11) is -3.04. The van der Waals surface area contributed by atoms with Gasteiger partial charge in [0.25, 0.3) is 0 Å².